The largest absolute Gasteiger partial charge is 0.278 e. The Labute approximate surface area is 148 Å². The summed E-state index contributed by atoms with van der Waals surface area (Å²) in [5, 5.41) is 0. The van der Waals surface area contributed by atoms with E-state index in [0.29, 0.717) is 0 Å². The molecule has 8 nitrogen and oxygen atoms in total. The van der Waals surface area contributed by atoms with Crippen molar-refractivity contribution in [2.45, 2.75) is 13.1 Å². The lowest BCUT2D eigenvalue weighted by Crippen LogP contribution is -2.45. The first-order chi connectivity index (χ1) is 11.9. The summed E-state index contributed by atoms with van der Waals surface area (Å²) >= 11 is 0. The smallest absolute Gasteiger partial charge is 0.198 e. The molecule has 0 aromatic heterocycles. The van der Waals surface area contributed by atoms with Crippen molar-refractivity contribution in [2.75, 3.05) is 6.67 Å². The standard InChI is InChI=1S/C15H20N4O4S2/c20-24(21,16-11-14-7-3-1-4-8-14)18-13-19-25(22,23)17-12-15-9-5-2-6-10-15/h1-10,16-19H,11-13H2. The molecule has 0 atom stereocenters. The average Bonchev–Trinajstić information content (AvgIpc) is 2.60. The summed E-state index contributed by atoms with van der Waals surface area (Å²) in [7, 11) is -7.65. The van der Waals surface area contributed by atoms with Gasteiger partial charge in [-0.25, -0.2) is 0 Å². The van der Waals surface area contributed by atoms with Crippen LogP contribution in [0.2, 0.25) is 0 Å². The van der Waals surface area contributed by atoms with Gasteiger partial charge in [0.2, 0.25) is 0 Å². The van der Waals surface area contributed by atoms with Crippen LogP contribution < -0.4 is 18.9 Å². The Morgan fingerprint density at radius 2 is 0.920 bits per heavy atom. The van der Waals surface area contributed by atoms with E-state index in [4.69, 9.17) is 0 Å². The van der Waals surface area contributed by atoms with E-state index in [2.05, 4.69) is 18.9 Å². The molecule has 0 unspecified atom stereocenters. The van der Waals surface area contributed by atoms with Crippen LogP contribution in [0, 0.1) is 0 Å². The van der Waals surface area contributed by atoms with Crippen molar-refractivity contribution in [1.29, 1.82) is 0 Å². The normalized spacial score (nSPS) is 12.2. The molecule has 2 aromatic carbocycles. The molecular weight excluding hydrogens is 364 g/mol. The van der Waals surface area contributed by atoms with E-state index in [1.165, 1.54) is 0 Å². The van der Waals surface area contributed by atoms with Gasteiger partial charge in [0, 0.05) is 13.1 Å². The first kappa shape index (κ1) is 19.5. The van der Waals surface area contributed by atoms with E-state index in [0.717, 1.165) is 11.1 Å². The first-order valence-electron chi connectivity index (χ1n) is 7.43. The summed E-state index contributed by atoms with van der Waals surface area (Å²) in [5.41, 5.74) is 1.58. The molecule has 10 heteroatoms. The minimum atomic E-state index is -3.82. The highest BCUT2D eigenvalue weighted by Gasteiger charge is 2.12. The van der Waals surface area contributed by atoms with Gasteiger partial charge < -0.3 is 0 Å². The summed E-state index contributed by atoms with van der Waals surface area (Å²) in [5.74, 6) is 0. The Kier molecular flexibility index (Phi) is 7.05. The summed E-state index contributed by atoms with van der Waals surface area (Å²) in [4.78, 5) is 0. The van der Waals surface area contributed by atoms with Crippen LogP contribution in [0.5, 0.6) is 0 Å². The highest BCUT2D eigenvalue weighted by atomic mass is 32.2. The molecular formula is C15H20N4O4S2. The zero-order chi connectivity index (χ0) is 18.2. The number of rotatable bonds is 10. The fourth-order valence-corrected chi connectivity index (χ4v) is 3.40. The lowest BCUT2D eigenvalue weighted by molar-refractivity contribution is 0.553. The molecule has 0 saturated carbocycles. The maximum Gasteiger partial charge on any atom is 0.278 e. The van der Waals surface area contributed by atoms with Gasteiger partial charge in [0.1, 0.15) is 0 Å². The van der Waals surface area contributed by atoms with Gasteiger partial charge in [-0.3, -0.25) is 0 Å². The zero-order valence-corrected chi connectivity index (χ0v) is 15.0. The maximum absolute atomic E-state index is 11.8. The fraction of sp³-hybridized carbons (Fsp3) is 0.200. The van der Waals surface area contributed by atoms with E-state index >= 15 is 0 Å². The molecule has 0 heterocycles. The highest BCUT2D eigenvalue weighted by Crippen LogP contribution is 1.98. The Bertz CT molecular complexity index is 783. The van der Waals surface area contributed by atoms with E-state index in [1.807, 2.05) is 12.1 Å². The van der Waals surface area contributed by atoms with Crippen LogP contribution in [-0.2, 0) is 33.5 Å². The Morgan fingerprint density at radius 3 is 1.28 bits per heavy atom. The quantitative estimate of drug-likeness (QED) is 0.438. The van der Waals surface area contributed by atoms with Gasteiger partial charge >= 0.3 is 0 Å². The molecule has 0 radical (unpaired) electrons. The summed E-state index contributed by atoms with van der Waals surface area (Å²) in [6, 6.07) is 17.9. The molecule has 0 aliphatic carbocycles. The molecule has 2 rings (SSSR count). The van der Waals surface area contributed by atoms with Gasteiger partial charge in [-0.05, 0) is 11.1 Å². The predicted molar refractivity (Wildman–Crippen MR) is 95.5 cm³/mol. The van der Waals surface area contributed by atoms with Gasteiger partial charge in [0.25, 0.3) is 20.4 Å². The van der Waals surface area contributed by atoms with Crippen molar-refractivity contribution in [2.24, 2.45) is 0 Å². The molecule has 0 aliphatic rings. The average molecular weight is 384 g/mol. The lowest BCUT2D eigenvalue weighted by Gasteiger charge is -2.11. The van der Waals surface area contributed by atoms with Crippen molar-refractivity contribution in [3.63, 3.8) is 0 Å². The van der Waals surface area contributed by atoms with E-state index in [-0.39, 0.29) is 13.1 Å². The maximum atomic E-state index is 11.8. The molecule has 4 N–H and O–H groups in total. The monoisotopic (exact) mass is 384 g/mol. The Balaban J connectivity index is 1.74. The second-order valence-electron chi connectivity index (χ2n) is 5.09. The first-order valence-corrected chi connectivity index (χ1v) is 10.4. The van der Waals surface area contributed by atoms with Crippen molar-refractivity contribution in [3.05, 3.63) is 71.8 Å². The van der Waals surface area contributed by atoms with Gasteiger partial charge in [0.15, 0.2) is 0 Å². The minimum absolute atomic E-state index is 0.106. The number of hydrogen-bond donors (Lipinski definition) is 4. The van der Waals surface area contributed by atoms with Crippen LogP contribution in [0.3, 0.4) is 0 Å². The third kappa shape index (κ3) is 7.73. The Hall–Kier alpha value is -1.82. The zero-order valence-electron chi connectivity index (χ0n) is 13.3. The number of benzene rings is 2. The summed E-state index contributed by atoms with van der Waals surface area (Å²) in [6.07, 6.45) is 0. The molecule has 0 fully saturated rings. The molecule has 0 saturated heterocycles. The highest BCUT2D eigenvalue weighted by molar-refractivity contribution is 7.88. The predicted octanol–water partition coefficient (Wildman–Crippen LogP) is 0.192. The van der Waals surface area contributed by atoms with Crippen LogP contribution in [-0.4, -0.2) is 23.5 Å². The SMILES string of the molecule is O=S(=O)(NCNS(=O)(=O)NCc1ccccc1)NCc1ccccc1. The topological polar surface area (TPSA) is 116 Å². The number of nitrogens with one attached hydrogen (secondary N) is 4. The lowest BCUT2D eigenvalue weighted by atomic mass is 10.2. The fourth-order valence-electron chi connectivity index (χ4n) is 1.87. The van der Waals surface area contributed by atoms with Crippen LogP contribution in [0.15, 0.2) is 60.7 Å². The second-order valence-corrected chi connectivity index (χ2v) is 8.25. The van der Waals surface area contributed by atoms with Crippen LogP contribution in [0.1, 0.15) is 11.1 Å². The Morgan fingerprint density at radius 1 is 0.560 bits per heavy atom. The molecule has 0 aliphatic heterocycles. The van der Waals surface area contributed by atoms with Crippen molar-refractivity contribution in [1.82, 2.24) is 18.9 Å². The second kappa shape index (κ2) is 9.04. The van der Waals surface area contributed by atoms with Gasteiger partial charge in [-0.15, -0.1) is 0 Å². The van der Waals surface area contributed by atoms with Crippen LogP contribution in [0.25, 0.3) is 0 Å². The van der Waals surface area contributed by atoms with Crippen molar-refractivity contribution in [3.8, 4) is 0 Å². The van der Waals surface area contributed by atoms with E-state index in [9.17, 15) is 16.8 Å². The summed E-state index contributed by atoms with van der Waals surface area (Å²) in [6.45, 7) is -0.251. The van der Waals surface area contributed by atoms with E-state index < -0.39 is 27.1 Å². The third-order valence-corrected chi connectivity index (χ3v) is 5.24. The molecule has 2 aromatic rings. The van der Waals surface area contributed by atoms with Crippen molar-refractivity contribution < 1.29 is 16.8 Å². The van der Waals surface area contributed by atoms with Crippen molar-refractivity contribution >= 4 is 20.4 Å². The van der Waals surface area contributed by atoms with Gasteiger partial charge in [0.05, 0.1) is 6.67 Å². The molecule has 0 bridgehead atoms. The summed E-state index contributed by atoms with van der Waals surface area (Å²) < 4.78 is 56.0. The molecule has 25 heavy (non-hydrogen) atoms. The molecule has 136 valence electrons. The molecule has 0 spiro atoms. The van der Waals surface area contributed by atoms with Crippen LogP contribution in [0.4, 0.5) is 0 Å². The third-order valence-electron chi connectivity index (χ3n) is 3.14. The van der Waals surface area contributed by atoms with Gasteiger partial charge in [-0.2, -0.15) is 35.7 Å². The number of hydrogen-bond acceptors (Lipinski definition) is 4. The minimum Gasteiger partial charge on any atom is -0.198 e. The van der Waals surface area contributed by atoms with E-state index in [1.54, 1.807) is 48.5 Å². The molecule has 0 amide bonds. The van der Waals surface area contributed by atoms with Gasteiger partial charge in [-0.1, -0.05) is 60.7 Å². The van der Waals surface area contributed by atoms with Crippen LogP contribution >= 0.6 is 0 Å².